The molecule has 12 rings (SSSR count). The van der Waals surface area contributed by atoms with E-state index in [9.17, 15) is 0 Å². The van der Waals surface area contributed by atoms with Gasteiger partial charge in [-0.25, -0.2) is 15.0 Å². The number of furan rings is 1. The molecule has 12 aromatic rings. The Bertz CT molecular complexity index is 3620. The average Bonchev–Trinajstić information content (AvgIpc) is 3.78. The molecule has 0 N–H and O–H groups in total. The van der Waals surface area contributed by atoms with Gasteiger partial charge in [0.25, 0.3) is 0 Å². The summed E-state index contributed by atoms with van der Waals surface area (Å²) in [5.74, 6) is 1.85. The van der Waals surface area contributed by atoms with Gasteiger partial charge in [-0.15, -0.1) is 0 Å². The molecule has 0 saturated heterocycles. The SMILES string of the molecule is c1ccc(-c2cccc(-c3nc(-c4cccc(-c5ccccc5)c4)nc(-c4cccc(-c5cccc(-c6cccc(-c7ccc8oc9c%10ccccc%10ccc9c8c7)c6)c5)c4)n3)c2)cc1. The van der Waals surface area contributed by atoms with Crippen molar-refractivity contribution >= 4 is 32.7 Å². The second-order valence-corrected chi connectivity index (χ2v) is 16.4. The summed E-state index contributed by atoms with van der Waals surface area (Å²) in [5.41, 5.74) is 15.8. The van der Waals surface area contributed by atoms with Crippen LogP contribution in [0.15, 0.2) is 241 Å². The van der Waals surface area contributed by atoms with Crippen LogP contribution in [0.2, 0.25) is 0 Å². The van der Waals surface area contributed by atoms with Gasteiger partial charge in [0.2, 0.25) is 0 Å². The van der Waals surface area contributed by atoms with Gasteiger partial charge in [0, 0.05) is 32.8 Å². The van der Waals surface area contributed by atoms with Crippen LogP contribution in [0.4, 0.5) is 0 Å². The van der Waals surface area contributed by atoms with Crippen molar-refractivity contribution < 1.29 is 4.42 Å². The smallest absolute Gasteiger partial charge is 0.164 e. The first kappa shape index (κ1) is 38.0. The molecule has 65 heavy (non-hydrogen) atoms. The maximum Gasteiger partial charge on any atom is 0.164 e. The van der Waals surface area contributed by atoms with Gasteiger partial charge >= 0.3 is 0 Å². The molecule has 0 bridgehead atoms. The van der Waals surface area contributed by atoms with Crippen LogP contribution in [-0.4, -0.2) is 15.0 Å². The van der Waals surface area contributed by atoms with Gasteiger partial charge < -0.3 is 4.42 Å². The minimum Gasteiger partial charge on any atom is -0.455 e. The van der Waals surface area contributed by atoms with Gasteiger partial charge in [-0.3, -0.25) is 0 Å². The van der Waals surface area contributed by atoms with Crippen molar-refractivity contribution in [1.29, 1.82) is 0 Å². The summed E-state index contributed by atoms with van der Waals surface area (Å²) < 4.78 is 6.42. The highest BCUT2D eigenvalue weighted by Gasteiger charge is 2.16. The molecule has 0 radical (unpaired) electrons. The molecular weight excluding hydrogens is 791 g/mol. The van der Waals surface area contributed by atoms with Gasteiger partial charge in [-0.1, -0.05) is 188 Å². The maximum atomic E-state index is 6.42. The predicted molar refractivity (Wildman–Crippen MR) is 268 cm³/mol. The van der Waals surface area contributed by atoms with E-state index in [2.05, 4.69) is 224 Å². The lowest BCUT2D eigenvalue weighted by molar-refractivity contribution is 0.672. The third-order valence-corrected chi connectivity index (χ3v) is 12.3. The van der Waals surface area contributed by atoms with E-state index in [0.29, 0.717) is 17.5 Å². The Hall–Kier alpha value is -8.73. The maximum absolute atomic E-state index is 6.42. The van der Waals surface area contributed by atoms with Gasteiger partial charge in [0.05, 0.1) is 0 Å². The molecule has 4 nitrogen and oxygen atoms in total. The molecule has 0 unspecified atom stereocenters. The van der Waals surface area contributed by atoms with Crippen molar-refractivity contribution in [3.63, 3.8) is 0 Å². The lowest BCUT2D eigenvalue weighted by Crippen LogP contribution is -2.00. The summed E-state index contributed by atoms with van der Waals surface area (Å²) in [6.07, 6.45) is 0. The lowest BCUT2D eigenvalue weighted by atomic mass is 9.95. The molecule has 0 saturated carbocycles. The standard InChI is InChI=1S/C61H39N3O/c1-3-14-40(15-4-1)43-19-11-26-51(36-43)59-62-60(52-27-12-20-44(37-52)41-16-5-2-6-17-41)64-61(63-59)53-28-13-25-49(38-53)47-23-9-21-45(34-47)46-22-10-24-48(35-46)50-31-33-57-56(39-50)55-32-30-42-18-7-8-29-54(42)58(55)65-57/h1-39H. The Balaban J connectivity index is 0.906. The minimum absolute atomic E-state index is 0.612. The van der Waals surface area contributed by atoms with E-state index in [0.717, 1.165) is 99.6 Å². The molecule has 10 aromatic carbocycles. The highest BCUT2D eigenvalue weighted by Crippen LogP contribution is 2.38. The van der Waals surface area contributed by atoms with E-state index >= 15 is 0 Å². The third kappa shape index (κ3) is 7.33. The Morgan fingerprint density at radius 2 is 0.600 bits per heavy atom. The molecule has 0 atom stereocenters. The number of aromatic nitrogens is 3. The largest absolute Gasteiger partial charge is 0.455 e. The second kappa shape index (κ2) is 16.2. The van der Waals surface area contributed by atoms with Crippen molar-refractivity contribution in [1.82, 2.24) is 15.0 Å². The molecule has 0 spiro atoms. The van der Waals surface area contributed by atoms with E-state index in [4.69, 9.17) is 19.4 Å². The Morgan fingerprint density at radius 1 is 0.231 bits per heavy atom. The third-order valence-electron chi connectivity index (χ3n) is 12.3. The highest BCUT2D eigenvalue weighted by atomic mass is 16.3. The molecule has 0 aliphatic rings. The zero-order valence-electron chi connectivity index (χ0n) is 35.3. The summed E-state index contributed by atoms with van der Waals surface area (Å²) in [6.45, 7) is 0. The number of fused-ring (bicyclic) bond motifs is 5. The molecule has 0 aliphatic heterocycles. The van der Waals surface area contributed by atoms with Crippen LogP contribution in [0.5, 0.6) is 0 Å². The monoisotopic (exact) mass is 829 g/mol. The summed E-state index contributed by atoms with van der Waals surface area (Å²) in [5, 5.41) is 4.56. The summed E-state index contributed by atoms with van der Waals surface area (Å²) in [4.78, 5) is 15.5. The van der Waals surface area contributed by atoms with Crippen LogP contribution in [0.1, 0.15) is 0 Å². The summed E-state index contributed by atoms with van der Waals surface area (Å²) in [6, 6.07) is 83.0. The summed E-state index contributed by atoms with van der Waals surface area (Å²) >= 11 is 0. The van der Waals surface area contributed by atoms with Crippen molar-refractivity contribution in [2.75, 3.05) is 0 Å². The molecule has 2 heterocycles. The Morgan fingerprint density at radius 3 is 1.08 bits per heavy atom. The molecule has 0 fully saturated rings. The molecular formula is C61H39N3O. The average molecular weight is 830 g/mol. The summed E-state index contributed by atoms with van der Waals surface area (Å²) in [7, 11) is 0. The first-order valence-electron chi connectivity index (χ1n) is 21.9. The fourth-order valence-corrected chi connectivity index (χ4v) is 8.98. The van der Waals surface area contributed by atoms with Crippen LogP contribution < -0.4 is 0 Å². The Labute approximate surface area is 376 Å². The van der Waals surface area contributed by atoms with Gasteiger partial charge in [-0.2, -0.15) is 0 Å². The van der Waals surface area contributed by atoms with Gasteiger partial charge in [0.1, 0.15) is 11.2 Å². The molecule has 304 valence electrons. The molecule has 2 aromatic heterocycles. The van der Waals surface area contributed by atoms with E-state index < -0.39 is 0 Å². The van der Waals surface area contributed by atoms with Crippen molar-refractivity contribution in [2.45, 2.75) is 0 Å². The van der Waals surface area contributed by atoms with Crippen LogP contribution in [0, 0.1) is 0 Å². The predicted octanol–water partition coefficient (Wildman–Crippen LogP) is 16.3. The molecule has 4 heteroatoms. The number of nitrogens with zero attached hydrogens (tertiary/aromatic N) is 3. The zero-order chi connectivity index (χ0) is 43.1. The molecule has 0 amide bonds. The fraction of sp³-hybridized carbons (Fsp3) is 0. The number of rotatable bonds is 8. The second-order valence-electron chi connectivity index (χ2n) is 16.4. The number of benzene rings is 10. The Kier molecular flexibility index (Phi) is 9.46. The van der Waals surface area contributed by atoms with E-state index in [-0.39, 0.29) is 0 Å². The van der Waals surface area contributed by atoms with Gasteiger partial charge in [-0.05, 0) is 110 Å². The van der Waals surface area contributed by atoms with Crippen molar-refractivity contribution in [3.8, 4) is 89.8 Å². The topological polar surface area (TPSA) is 51.8 Å². The van der Waals surface area contributed by atoms with Crippen LogP contribution in [0.3, 0.4) is 0 Å². The first-order valence-corrected chi connectivity index (χ1v) is 21.9. The molecule has 0 aliphatic carbocycles. The van der Waals surface area contributed by atoms with Crippen LogP contribution in [0.25, 0.3) is 123 Å². The van der Waals surface area contributed by atoms with Gasteiger partial charge in [0.15, 0.2) is 17.5 Å². The first-order chi connectivity index (χ1) is 32.2. The van der Waals surface area contributed by atoms with E-state index in [1.807, 2.05) is 12.1 Å². The number of hydrogen-bond donors (Lipinski definition) is 0. The van der Waals surface area contributed by atoms with E-state index in [1.54, 1.807) is 0 Å². The van der Waals surface area contributed by atoms with Crippen LogP contribution in [-0.2, 0) is 0 Å². The highest BCUT2D eigenvalue weighted by molar-refractivity contribution is 6.15. The fourth-order valence-electron chi connectivity index (χ4n) is 8.98. The quantitative estimate of drug-likeness (QED) is 0.153. The van der Waals surface area contributed by atoms with E-state index in [1.165, 1.54) is 5.39 Å². The normalized spacial score (nSPS) is 11.4. The van der Waals surface area contributed by atoms with Crippen LogP contribution >= 0.6 is 0 Å². The van der Waals surface area contributed by atoms with Crippen molar-refractivity contribution in [3.05, 3.63) is 237 Å². The number of hydrogen-bond acceptors (Lipinski definition) is 4. The zero-order valence-corrected chi connectivity index (χ0v) is 35.3. The van der Waals surface area contributed by atoms with Crippen molar-refractivity contribution in [2.24, 2.45) is 0 Å². The lowest BCUT2D eigenvalue weighted by Gasteiger charge is -2.12. The minimum atomic E-state index is 0.612.